The smallest absolute Gasteiger partial charge is 0.126 e. The van der Waals surface area contributed by atoms with Gasteiger partial charge >= 0.3 is 0 Å². The van der Waals surface area contributed by atoms with E-state index in [2.05, 4.69) is 26.1 Å². The Morgan fingerprint density at radius 2 is 1.74 bits per heavy atom. The SMILES string of the molecule is CCCNC(CCCc1cc(F)cc(F)c1)C(C)C. The number of hydrogen-bond acceptors (Lipinski definition) is 1. The van der Waals surface area contributed by atoms with Gasteiger partial charge in [-0.25, -0.2) is 8.78 Å². The summed E-state index contributed by atoms with van der Waals surface area (Å²) in [5.41, 5.74) is 0.746. The monoisotopic (exact) mass is 269 g/mol. The lowest BCUT2D eigenvalue weighted by Gasteiger charge is -2.22. The van der Waals surface area contributed by atoms with E-state index in [4.69, 9.17) is 0 Å². The van der Waals surface area contributed by atoms with Gasteiger partial charge in [0.2, 0.25) is 0 Å². The van der Waals surface area contributed by atoms with Gasteiger partial charge in [0, 0.05) is 12.1 Å². The zero-order valence-electron chi connectivity index (χ0n) is 12.2. The maximum atomic E-state index is 13.1. The lowest BCUT2D eigenvalue weighted by molar-refractivity contribution is 0.370. The summed E-state index contributed by atoms with van der Waals surface area (Å²) in [6.45, 7) is 7.59. The Morgan fingerprint density at radius 3 is 2.26 bits per heavy atom. The largest absolute Gasteiger partial charge is 0.314 e. The summed E-state index contributed by atoms with van der Waals surface area (Å²) in [4.78, 5) is 0. The highest BCUT2D eigenvalue weighted by Gasteiger charge is 2.12. The summed E-state index contributed by atoms with van der Waals surface area (Å²) in [5, 5.41) is 3.53. The van der Waals surface area contributed by atoms with Crippen LogP contribution in [0.25, 0.3) is 0 Å². The molecular weight excluding hydrogens is 244 g/mol. The van der Waals surface area contributed by atoms with E-state index >= 15 is 0 Å². The third-order valence-corrected chi connectivity index (χ3v) is 3.36. The first kappa shape index (κ1) is 16.1. The van der Waals surface area contributed by atoms with E-state index in [0.717, 1.165) is 43.9 Å². The van der Waals surface area contributed by atoms with E-state index in [-0.39, 0.29) is 0 Å². The molecule has 0 saturated carbocycles. The molecule has 1 aromatic carbocycles. The van der Waals surface area contributed by atoms with Crippen molar-refractivity contribution in [3.05, 3.63) is 35.4 Å². The second-order valence-electron chi connectivity index (χ2n) is 5.47. The van der Waals surface area contributed by atoms with Gasteiger partial charge in [0.1, 0.15) is 11.6 Å². The van der Waals surface area contributed by atoms with Gasteiger partial charge in [-0.1, -0.05) is 20.8 Å². The van der Waals surface area contributed by atoms with Crippen molar-refractivity contribution in [1.82, 2.24) is 5.32 Å². The molecule has 0 amide bonds. The molecule has 0 radical (unpaired) electrons. The standard InChI is InChI=1S/C16H25F2N/c1-4-8-19-16(12(2)3)7-5-6-13-9-14(17)11-15(18)10-13/h9-12,16,19H,4-8H2,1-3H3. The number of aryl methyl sites for hydroxylation is 1. The average molecular weight is 269 g/mol. The van der Waals surface area contributed by atoms with Crippen LogP contribution in [0.2, 0.25) is 0 Å². The fourth-order valence-electron chi connectivity index (χ4n) is 2.28. The van der Waals surface area contributed by atoms with Crippen LogP contribution in [0, 0.1) is 17.6 Å². The van der Waals surface area contributed by atoms with Crippen LogP contribution in [0.15, 0.2) is 18.2 Å². The quantitative estimate of drug-likeness (QED) is 0.741. The third kappa shape index (κ3) is 6.15. The number of hydrogen-bond donors (Lipinski definition) is 1. The highest BCUT2D eigenvalue weighted by molar-refractivity contribution is 5.17. The summed E-state index contributed by atoms with van der Waals surface area (Å²) in [6, 6.07) is 4.25. The molecule has 1 rings (SSSR count). The molecule has 1 nitrogen and oxygen atoms in total. The Morgan fingerprint density at radius 1 is 1.11 bits per heavy atom. The van der Waals surface area contributed by atoms with Crippen molar-refractivity contribution in [2.75, 3.05) is 6.54 Å². The first-order chi connectivity index (χ1) is 9.02. The first-order valence-electron chi connectivity index (χ1n) is 7.21. The zero-order chi connectivity index (χ0) is 14.3. The predicted octanol–water partition coefficient (Wildman–Crippen LogP) is 4.31. The molecule has 0 saturated heterocycles. The van der Waals surface area contributed by atoms with Crippen LogP contribution < -0.4 is 5.32 Å². The van der Waals surface area contributed by atoms with Gasteiger partial charge in [0.05, 0.1) is 0 Å². The van der Waals surface area contributed by atoms with Gasteiger partial charge < -0.3 is 5.32 Å². The Bertz CT molecular complexity index is 357. The molecule has 108 valence electrons. The van der Waals surface area contributed by atoms with Gasteiger partial charge in [-0.3, -0.25) is 0 Å². The summed E-state index contributed by atoms with van der Waals surface area (Å²) in [6.07, 6.45) is 3.84. The summed E-state index contributed by atoms with van der Waals surface area (Å²) >= 11 is 0. The summed E-state index contributed by atoms with van der Waals surface area (Å²) < 4.78 is 26.1. The van der Waals surface area contributed by atoms with Gasteiger partial charge in [0.25, 0.3) is 0 Å². The van der Waals surface area contributed by atoms with Crippen molar-refractivity contribution in [2.45, 2.75) is 52.5 Å². The minimum atomic E-state index is -0.487. The minimum Gasteiger partial charge on any atom is -0.314 e. The van der Waals surface area contributed by atoms with Gasteiger partial charge in [-0.2, -0.15) is 0 Å². The van der Waals surface area contributed by atoms with E-state index in [9.17, 15) is 8.78 Å². The molecule has 0 spiro atoms. The summed E-state index contributed by atoms with van der Waals surface area (Å²) in [5.74, 6) is -0.394. The van der Waals surface area contributed by atoms with Gasteiger partial charge in [-0.05, 0) is 55.8 Å². The van der Waals surface area contributed by atoms with E-state index in [0.29, 0.717) is 12.0 Å². The van der Waals surface area contributed by atoms with Gasteiger partial charge in [-0.15, -0.1) is 0 Å². The molecule has 0 aromatic heterocycles. The number of rotatable bonds is 8. The van der Waals surface area contributed by atoms with E-state index < -0.39 is 11.6 Å². The molecule has 1 aromatic rings. The summed E-state index contributed by atoms with van der Waals surface area (Å²) in [7, 11) is 0. The molecule has 1 atom stereocenters. The normalized spacial score (nSPS) is 12.9. The Kier molecular flexibility index (Phi) is 7.00. The maximum absolute atomic E-state index is 13.1. The van der Waals surface area contributed by atoms with Crippen LogP contribution in [0.5, 0.6) is 0 Å². The first-order valence-corrected chi connectivity index (χ1v) is 7.21. The molecule has 0 aliphatic heterocycles. The van der Waals surface area contributed by atoms with Crippen LogP contribution >= 0.6 is 0 Å². The minimum absolute atomic E-state index is 0.485. The van der Waals surface area contributed by atoms with Crippen LogP contribution in [0.4, 0.5) is 8.78 Å². The predicted molar refractivity (Wildman–Crippen MR) is 76.2 cm³/mol. The van der Waals surface area contributed by atoms with E-state index in [1.54, 1.807) is 0 Å². The topological polar surface area (TPSA) is 12.0 Å². The van der Waals surface area contributed by atoms with Crippen molar-refractivity contribution in [3.63, 3.8) is 0 Å². The molecular formula is C16H25F2N. The Labute approximate surface area is 115 Å². The van der Waals surface area contributed by atoms with Gasteiger partial charge in [0.15, 0.2) is 0 Å². The lowest BCUT2D eigenvalue weighted by Crippen LogP contribution is -2.34. The Hall–Kier alpha value is -0.960. The van der Waals surface area contributed by atoms with Crippen molar-refractivity contribution in [2.24, 2.45) is 5.92 Å². The number of benzene rings is 1. The van der Waals surface area contributed by atoms with Crippen molar-refractivity contribution in [3.8, 4) is 0 Å². The highest BCUT2D eigenvalue weighted by atomic mass is 19.1. The highest BCUT2D eigenvalue weighted by Crippen LogP contribution is 2.14. The molecule has 0 heterocycles. The second-order valence-corrected chi connectivity index (χ2v) is 5.47. The third-order valence-electron chi connectivity index (χ3n) is 3.36. The molecule has 3 heteroatoms. The average Bonchev–Trinajstić information content (AvgIpc) is 2.31. The maximum Gasteiger partial charge on any atom is 0.126 e. The van der Waals surface area contributed by atoms with E-state index in [1.165, 1.54) is 12.1 Å². The molecule has 0 fully saturated rings. The van der Waals surface area contributed by atoms with Crippen LogP contribution in [0.3, 0.4) is 0 Å². The zero-order valence-corrected chi connectivity index (χ0v) is 12.2. The molecule has 1 unspecified atom stereocenters. The van der Waals surface area contributed by atoms with Crippen LogP contribution in [-0.4, -0.2) is 12.6 Å². The van der Waals surface area contributed by atoms with Crippen molar-refractivity contribution < 1.29 is 8.78 Å². The van der Waals surface area contributed by atoms with Crippen LogP contribution in [0.1, 0.15) is 45.6 Å². The molecule has 0 bridgehead atoms. The van der Waals surface area contributed by atoms with E-state index in [1.807, 2.05) is 0 Å². The number of nitrogens with one attached hydrogen (secondary N) is 1. The Balaban J connectivity index is 2.42. The number of halogens is 2. The molecule has 1 N–H and O–H groups in total. The second kappa shape index (κ2) is 8.26. The van der Waals surface area contributed by atoms with Crippen molar-refractivity contribution >= 4 is 0 Å². The molecule has 19 heavy (non-hydrogen) atoms. The van der Waals surface area contributed by atoms with Crippen LogP contribution in [-0.2, 0) is 6.42 Å². The fraction of sp³-hybridized carbons (Fsp3) is 0.625. The fourth-order valence-corrected chi connectivity index (χ4v) is 2.28. The molecule has 0 aliphatic carbocycles. The lowest BCUT2D eigenvalue weighted by atomic mass is 9.96. The molecule has 0 aliphatic rings. The van der Waals surface area contributed by atoms with Crippen molar-refractivity contribution in [1.29, 1.82) is 0 Å².